The van der Waals surface area contributed by atoms with Crippen LogP contribution in [-0.4, -0.2) is 43.2 Å². The molecule has 5 heteroatoms. The number of nitrogens with two attached hydrogens (primary N) is 2. The summed E-state index contributed by atoms with van der Waals surface area (Å²) in [6.07, 6.45) is 8.03. The SMILES string of the molecule is CCCCCN(CCC)C/C(CS/C=C\N)=C(\C)CN=CN. The number of nitrogens with zero attached hydrogens (tertiary/aromatic N) is 2. The van der Waals surface area contributed by atoms with Gasteiger partial charge in [0.2, 0.25) is 0 Å². The van der Waals surface area contributed by atoms with Crippen LogP contribution in [0.3, 0.4) is 0 Å². The standard InChI is InChI=1S/C17H34N4S/c1-4-6-7-10-21(9-5-2)13-17(14-22-11-8-18)16(3)12-20-15-19/h8,11,15H,4-7,9-10,12-14,18H2,1-3H3,(H2,19,20)/b11-8-,17-16-. The van der Waals surface area contributed by atoms with Crippen LogP contribution in [0.25, 0.3) is 0 Å². The number of aliphatic imine (C=N–C) groups is 1. The van der Waals surface area contributed by atoms with E-state index in [0.717, 1.165) is 18.8 Å². The highest BCUT2D eigenvalue weighted by Gasteiger charge is 2.09. The van der Waals surface area contributed by atoms with Crippen molar-refractivity contribution in [2.24, 2.45) is 16.5 Å². The van der Waals surface area contributed by atoms with Crippen LogP contribution in [-0.2, 0) is 0 Å². The summed E-state index contributed by atoms with van der Waals surface area (Å²) in [6.45, 7) is 10.7. The first-order chi connectivity index (χ1) is 10.7. The number of rotatable bonds is 13. The Hall–Kier alpha value is -0.940. The van der Waals surface area contributed by atoms with Crippen molar-refractivity contribution in [3.05, 3.63) is 22.8 Å². The van der Waals surface area contributed by atoms with E-state index in [1.807, 2.05) is 5.41 Å². The van der Waals surface area contributed by atoms with Gasteiger partial charge >= 0.3 is 0 Å². The predicted octanol–water partition coefficient (Wildman–Crippen LogP) is 3.36. The molecule has 0 aliphatic heterocycles. The van der Waals surface area contributed by atoms with Gasteiger partial charge < -0.3 is 11.5 Å². The van der Waals surface area contributed by atoms with Crippen LogP contribution >= 0.6 is 11.8 Å². The molecular weight excluding hydrogens is 292 g/mol. The summed E-state index contributed by atoms with van der Waals surface area (Å²) < 4.78 is 0. The molecule has 22 heavy (non-hydrogen) atoms. The first-order valence-corrected chi connectivity index (χ1v) is 9.32. The highest BCUT2D eigenvalue weighted by molar-refractivity contribution is 8.02. The molecule has 128 valence electrons. The van der Waals surface area contributed by atoms with Crippen LogP contribution in [0, 0.1) is 0 Å². The Balaban J connectivity index is 4.78. The Bertz CT molecular complexity index is 351. The van der Waals surface area contributed by atoms with Crippen molar-refractivity contribution in [1.82, 2.24) is 4.90 Å². The molecule has 0 aliphatic rings. The Labute approximate surface area is 141 Å². The molecule has 4 N–H and O–H groups in total. The lowest BCUT2D eigenvalue weighted by Gasteiger charge is -2.24. The Morgan fingerprint density at radius 1 is 1.14 bits per heavy atom. The summed E-state index contributed by atoms with van der Waals surface area (Å²) in [5, 5.41) is 1.95. The van der Waals surface area contributed by atoms with Crippen molar-refractivity contribution >= 4 is 18.1 Å². The van der Waals surface area contributed by atoms with Crippen molar-refractivity contribution in [1.29, 1.82) is 0 Å². The van der Waals surface area contributed by atoms with Gasteiger partial charge in [-0.05, 0) is 43.8 Å². The summed E-state index contributed by atoms with van der Waals surface area (Å²) in [5.74, 6) is 0.966. The molecule has 0 heterocycles. The van der Waals surface area contributed by atoms with Gasteiger partial charge in [0.25, 0.3) is 0 Å². The highest BCUT2D eigenvalue weighted by atomic mass is 32.2. The molecule has 0 amide bonds. The number of hydrogen-bond donors (Lipinski definition) is 2. The Kier molecular flexibility index (Phi) is 14.3. The third-order valence-corrected chi connectivity index (χ3v) is 4.37. The van der Waals surface area contributed by atoms with Crippen molar-refractivity contribution in [3.63, 3.8) is 0 Å². The van der Waals surface area contributed by atoms with E-state index in [2.05, 4.69) is 30.7 Å². The van der Waals surface area contributed by atoms with Gasteiger partial charge in [0.1, 0.15) is 0 Å². The minimum absolute atomic E-state index is 0.688. The lowest BCUT2D eigenvalue weighted by Crippen LogP contribution is -2.29. The van der Waals surface area contributed by atoms with E-state index < -0.39 is 0 Å². The molecule has 0 aliphatic carbocycles. The fourth-order valence-corrected chi connectivity index (χ4v) is 3.00. The average Bonchev–Trinajstić information content (AvgIpc) is 2.52. The zero-order chi connectivity index (χ0) is 16.6. The van der Waals surface area contributed by atoms with Gasteiger partial charge in [-0.25, -0.2) is 0 Å². The maximum Gasteiger partial charge on any atom is 0.0801 e. The lowest BCUT2D eigenvalue weighted by atomic mass is 10.1. The molecule has 0 saturated carbocycles. The normalized spacial score (nSPS) is 13.5. The van der Waals surface area contributed by atoms with Crippen LogP contribution in [0.5, 0.6) is 0 Å². The minimum Gasteiger partial charge on any atom is -0.404 e. The van der Waals surface area contributed by atoms with Crippen LogP contribution in [0.15, 0.2) is 27.7 Å². The van der Waals surface area contributed by atoms with Crippen LogP contribution < -0.4 is 11.5 Å². The highest BCUT2D eigenvalue weighted by Crippen LogP contribution is 2.16. The van der Waals surface area contributed by atoms with Crippen molar-refractivity contribution in [2.45, 2.75) is 46.5 Å². The van der Waals surface area contributed by atoms with E-state index in [1.165, 1.54) is 49.7 Å². The van der Waals surface area contributed by atoms with Gasteiger partial charge in [0.05, 0.1) is 12.9 Å². The van der Waals surface area contributed by atoms with Gasteiger partial charge in [0, 0.05) is 18.5 Å². The smallest absolute Gasteiger partial charge is 0.0801 e. The largest absolute Gasteiger partial charge is 0.404 e. The first kappa shape index (κ1) is 21.1. The zero-order valence-electron chi connectivity index (χ0n) is 14.6. The second-order valence-electron chi connectivity index (χ2n) is 5.50. The monoisotopic (exact) mass is 326 g/mol. The Morgan fingerprint density at radius 3 is 2.50 bits per heavy atom. The van der Waals surface area contributed by atoms with Crippen molar-refractivity contribution in [3.8, 4) is 0 Å². The molecule has 0 spiro atoms. The van der Waals surface area contributed by atoms with E-state index in [9.17, 15) is 0 Å². The van der Waals surface area contributed by atoms with E-state index in [0.29, 0.717) is 6.54 Å². The summed E-state index contributed by atoms with van der Waals surface area (Å²) in [5.41, 5.74) is 13.6. The molecule has 0 fully saturated rings. The van der Waals surface area contributed by atoms with Crippen LogP contribution in [0.2, 0.25) is 0 Å². The molecule has 0 aromatic rings. The minimum atomic E-state index is 0.688. The summed E-state index contributed by atoms with van der Waals surface area (Å²) in [4.78, 5) is 6.74. The maximum atomic E-state index is 5.43. The van der Waals surface area contributed by atoms with Gasteiger partial charge in [-0.2, -0.15) is 0 Å². The number of hydrogen-bond acceptors (Lipinski definition) is 4. The van der Waals surface area contributed by atoms with Gasteiger partial charge in [-0.1, -0.05) is 32.3 Å². The molecule has 0 bridgehead atoms. The third-order valence-electron chi connectivity index (χ3n) is 3.50. The van der Waals surface area contributed by atoms with Crippen molar-refractivity contribution in [2.75, 3.05) is 31.9 Å². The Morgan fingerprint density at radius 2 is 1.91 bits per heavy atom. The van der Waals surface area contributed by atoms with Gasteiger partial charge in [-0.3, -0.25) is 9.89 Å². The second-order valence-corrected chi connectivity index (χ2v) is 6.39. The molecule has 0 unspecified atom stereocenters. The molecule has 0 rings (SSSR count). The van der Waals surface area contributed by atoms with Crippen molar-refractivity contribution < 1.29 is 0 Å². The summed E-state index contributed by atoms with van der Waals surface area (Å²) >= 11 is 1.74. The number of unbranched alkanes of at least 4 members (excludes halogenated alkanes) is 2. The predicted molar refractivity (Wildman–Crippen MR) is 102 cm³/mol. The zero-order valence-corrected chi connectivity index (χ0v) is 15.4. The molecule has 0 saturated heterocycles. The fraction of sp³-hybridized carbons (Fsp3) is 0.706. The summed E-state index contributed by atoms with van der Waals surface area (Å²) in [7, 11) is 0. The van der Waals surface area contributed by atoms with Gasteiger partial charge in [0.15, 0.2) is 0 Å². The fourth-order valence-electron chi connectivity index (χ4n) is 2.25. The molecule has 0 aromatic carbocycles. The van der Waals surface area contributed by atoms with Crippen LogP contribution in [0.4, 0.5) is 0 Å². The second kappa shape index (κ2) is 15.0. The van der Waals surface area contributed by atoms with E-state index in [-0.39, 0.29) is 0 Å². The quantitative estimate of drug-likeness (QED) is 0.236. The van der Waals surface area contributed by atoms with E-state index in [1.54, 1.807) is 18.0 Å². The topological polar surface area (TPSA) is 67.6 Å². The van der Waals surface area contributed by atoms with E-state index in [4.69, 9.17) is 11.5 Å². The first-order valence-electron chi connectivity index (χ1n) is 8.27. The third kappa shape index (κ3) is 10.7. The van der Waals surface area contributed by atoms with E-state index >= 15 is 0 Å². The maximum absolute atomic E-state index is 5.43. The molecule has 0 atom stereocenters. The number of thioether (sulfide) groups is 1. The van der Waals surface area contributed by atoms with Crippen LogP contribution in [0.1, 0.15) is 46.5 Å². The molecule has 0 aromatic heterocycles. The lowest BCUT2D eigenvalue weighted by molar-refractivity contribution is 0.289. The molecular formula is C17H34N4S. The average molecular weight is 327 g/mol. The molecule has 0 radical (unpaired) electrons. The summed E-state index contributed by atoms with van der Waals surface area (Å²) in [6, 6.07) is 0. The molecule has 4 nitrogen and oxygen atoms in total. The van der Waals surface area contributed by atoms with Gasteiger partial charge in [-0.15, -0.1) is 11.8 Å².